The number of pyridine rings is 1. The zero-order valence-electron chi connectivity index (χ0n) is 17.9. The first-order valence-electron chi connectivity index (χ1n) is 10.7. The Morgan fingerprint density at radius 1 is 1.03 bits per heavy atom. The zero-order chi connectivity index (χ0) is 23.0. The average Bonchev–Trinajstić information content (AvgIpc) is 3.27. The molecule has 0 aliphatic heterocycles. The number of aromatic nitrogens is 4. The number of nitrogens with zero attached hydrogens (tertiary/aromatic N) is 4. The van der Waals surface area contributed by atoms with Gasteiger partial charge in [-0.3, -0.25) is 10.3 Å². The maximum atomic E-state index is 12.6. The first-order chi connectivity index (χ1) is 16.1. The number of anilines is 1. The highest BCUT2D eigenvalue weighted by Crippen LogP contribution is 2.20. The van der Waals surface area contributed by atoms with Gasteiger partial charge >= 0.3 is 6.03 Å². The molecule has 3 heterocycles. The molecule has 0 fully saturated rings. The summed E-state index contributed by atoms with van der Waals surface area (Å²) in [5, 5.41) is 5.54. The number of aryl methyl sites for hydroxylation is 1. The van der Waals surface area contributed by atoms with Gasteiger partial charge in [0.05, 0.1) is 18.4 Å². The van der Waals surface area contributed by atoms with E-state index in [1.165, 1.54) is 10.1 Å². The van der Waals surface area contributed by atoms with Crippen molar-refractivity contribution < 1.29 is 13.6 Å². The molecule has 2 amide bonds. The third-order valence-corrected chi connectivity index (χ3v) is 5.06. The van der Waals surface area contributed by atoms with E-state index in [0.29, 0.717) is 34.8 Å². The Balaban J connectivity index is 1.32. The molecule has 0 spiro atoms. The van der Waals surface area contributed by atoms with Crippen LogP contribution in [0.2, 0.25) is 0 Å². The lowest BCUT2D eigenvalue weighted by atomic mass is 10.1. The number of rotatable bonds is 9. The summed E-state index contributed by atoms with van der Waals surface area (Å²) in [6.07, 6.45) is 5.13. The standard InChI is InChI=1S/C24H24F2N6O/c25-21(26)16-32-13-11-18(15-32)20-14-28-19-9-10-22(30-23(19)29-20)31-24(33)27-12-5-4-8-17-6-2-1-3-7-17/h1-3,6-7,9-11,13-15,21H,4-5,8,12,16H2,(H2,27,29,30,31,33). The number of carbonyl (C=O) groups is 1. The molecule has 0 bridgehead atoms. The molecule has 0 aliphatic carbocycles. The molecule has 2 N–H and O–H groups in total. The van der Waals surface area contributed by atoms with Crippen molar-refractivity contribution in [1.29, 1.82) is 0 Å². The van der Waals surface area contributed by atoms with E-state index in [4.69, 9.17) is 0 Å². The fourth-order valence-corrected chi connectivity index (χ4v) is 3.43. The SMILES string of the molecule is O=C(NCCCCc1ccccc1)Nc1ccc2ncc(-c3ccn(CC(F)F)c3)nc2n1. The van der Waals surface area contributed by atoms with Crippen LogP contribution >= 0.6 is 0 Å². The second-order valence-corrected chi connectivity index (χ2v) is 7.61. The van der Waals surface area contributed by atoms with Gasteiger partial charge in [0, 0.05) is 24.5 Å². The van der Waals surface area contributed by atoms with Crippen LogP contribution < -0.4 is 10.6 Å². The summed E-state index contributed by atoms with van der Waals surface area (Å²) in [7, 11) is 0. The predicted octanol–water partition coefficient (Wildman–Crippen LogP) is 4.90. The molecular weight excluding hydrogens is 426 g/mol. The third-order valence-electron chi connectivity index (χ3n) is 5.06. The Morgan fingerprint density at radius 2 is 1.88 bits per heavy atom. The summed E-state index contributed by atoms with van der Waals surface area (Å²) >= 11 is 0. The molecule has 0 unspecified atom stereocenters. The molecular formula is C24H24F2N6O. The van der Waals surface area contributed by atoms with Crippen LogP contribution in [0.15, 0.2) is 67.1 Å². The summed E-state index contributed by atoms with van der Waals surface area (Å²) in [5.74, 6) is 0.353. The second-order valence-electron chi connectivity index (χ2n) is 7.61. The minimum absolute atomic E-state index is 0.338. The van der Waals surface area contributed by atoms with Crippen molar-refractivity contribution in [2.75, 3.05) is 11.9 Å². The van der Waals surface area contributed by atoms with Crippen molar-refractivity contribution in [1.82, 2.24) is 24.8 Å². The molecule has 0 atom stereocenters. The van der Waals surface area contributed by atoms with E-state index in [0.717, 1.165) is 19.3 Å². The van der Waals surface area contributed by atoms with E-state index in [1.54, 1.807) is 36.8 Å². The van der Waals surface area contributed by atoms with E-state index in [1.807, 2.05) is 18.2 Å². The summed E-state index contributed by atoms with van der Waals surface area (Å²) in [5.41, 5.74) is 3.39. The van der Waals surface area contributed by atoms with Crippen molar-refractivity contribution >= 4 is 23.0 Å². The first kappa shape index (κ1) is 22.3. The lowest BCUT2D eigenvalue weighted by Gasteiger charge is -2.08. The van der Waals surface area contributed by atoms with E-state index >= 15 is 0 Å². The van der Waals surface area contributed by atoms with Gasteiger partial charge in [0.2, 0.25) is 0 Å². The Kier molecular flexibility index (Phi) is 7.19. The van der Waals surface area contributed by atoms with Gasteiger partial charge < -0.3 is 9.88 Å². The van der Waals surface area contributed by atoms with Crippen molar-refractivity contribution in [3.8, 4) is 11.3 Å². The van der Waals surface area contributed by atoms with Crippen LogP contribution in [0.5, 0.6) is 0 Å². The van der Waals surface area contributed by atoms with Crippen molar-refractivity contribution in [3.05, 3.63) is 72.7 Å². The van der Waals surface area contributed by atoms with Crippen molar-refractivity contribution in [2.45, 2.75) is 32.2 Å². The first-order valence-corrected chi connectivity index (χ1v) is 10.7. The minimum Gasteiger partial charge on any atom is -0.348 e. The van der Waals surface area contributed by atoms with Crippen molar-refractivity contribution in [2.24, 2.45) is 0 Å². The number of unbranched alkanes of at least 4 members (excludes halogenated alkanes) is 1. The summed E-state index contributed by atoms with van der Waals surface area (Å²) in [4.78, 5) is 25.4. The second kappa shape index (κ2) is 10.6. The van der Waals surface area contributed by atoms with Gasteiger partial charge in [0.1, 0.15) is 11.3 Å². The molecule has 0 saturated heterocycles. The topological polar surface area (TPSA) is 84.7 Å². The summed E-state index contributed by atoms with van der Waals surface area (Å²) in [6.45, 7) is 0.181. The molecule has 0 aliphatic rings. The van der Waals surface area contributed by atoms with E-state index in [-0.39, 0.29) is 12.6 Å². The minimum atomic E-state index is -2.43. The number of carbonyl (C=O) groups excluding carboxylic acids is 1. The van der Waals surface area contributed by atoms with Crippen LogP contribution in [0.25, 0.3) is 22.4 Å². The molecule has 170 valence electrons. The average molecular weight is 450 g/mol. The van der Waals surface area contributed by atoms with Crippen LogP contribution in [0.1, 0.15) is 18.4 Å². The van der Waals surface area contributed by atoms with E-state index < -0.39 is 6.43 Å². The highest BCUT2D eigenvalue weighted by molar-refractivity contribution is 5.89. The normalized spacial score (nSPS) is 11.1. The molecule has 4 aromatic rings. The maximum Gasteiger partial charge on any atom is 0.320 e. The fourth-order valence-electron chi connectivity index (χ4n) is 3.43. The lowest BCUT2D eigenvalue weighted by Crippen LogP contribution is -2.29. The number of halogens is 2. The van der Waals surface area contributed by atoms with Crippen LogP contribution in [0, 0.1) is 0 Å². The quantitative estimate of drug-likeness (QED) is 0.355. The number of fused-ring (bicyclic) bond motifs is 1. The monoisotopic (exact) mass is 450 g/mol. The smallest absolute Gasteiger partial charge is 0.320 e. The van der Waals surface area contributed by atoms with Crippen LogP contribution in [-0.4, -0.2) is 38.5 Å². The molecule has 1 aromatic carbocycles. The van der Waals surface area contributed by atoms with Gasteiger partial charge in [0.25, 0.3) is 6.43 Å². The molecule has 4 rings (SSSR count). The van der Waals surface area contributed by atoms with Crippen LogP contribution in [-0.2, 0) is 13.0 Å². The number of benzene rings is 1. The van der Waals surface area contributed by atoms with Gasteiger partial charge in [-0.2, -0.15) is 0 Å². The number of urea groups is 1. The molecule has 0 saturated carbocycles. The number of amides is 2. The fraction of sp³-hybridized carbons (Fsp3) is 0.250. The Hall–Kier alpha value is -3.88. The summed E-state index contributed by atoms with van der Waals surface area (Å²) in [6, 6.07) is 15.0. The van der Waals surface area contributed by atoms with E-state index in [9.17, 15) is 13.6 Å². The molecule has 0 radical (unpaired) electrons. The predicted molar refractivity (Wildman–Crippen MR) is 123 cm³/mol. The van der Waals surface area contributed by atoms with Crippen LogP contribution in [0.4, 0.5) is 19.4 Å². The molecule has 9 heteroatoms. The van der Waals surface area contributed by atoms with Crippen molar-refractivity contribution in [3.63, 3.8) is 0 Å². The Bertz CT molecular complexity index is 1210. The highest BCUT2D eigenvalue weighted by Gasteiger charge is 2.10. The number of alkyl halides is 2. The Morgan fingerprint density at radius 3 is 2.70 bits per heavy atom. The largest absolute Gasteiger partial charge is 0.348 e. The van der Waals surface area contributed by atoms with Crippen LogP contribution in [0.3, 0.4) is 0 Å². The molecule has 33 heavy (non-hydrogen) atoms. The number of hydrogen-bond acceptors (Lipinski definition) is 4. The van der Waals surface area contributed by atoms with E-state index in [2.05, 4.69) is 37.7 Å². The lowest BCUT2D eigenvalue weighted by molar-refractivity contribution is 0.127. The Labute approximate surface area is 189 Å². The molecule has 7 nitrogen and oxygen atoms in total. The third kappa shape index (κ3) is 6.31. The highest BCUT2D eigenvalue weighted by atomic mass is 19.3. The van der Waals surface area contributed by atoms with Gasteiger partial charge in [0.15, 0.2) is 5.65 Å². The number of hydrogen-bond donors (Lipinski definition) is 2. The maximum absolute atomic E-state index is 12.6. The summed E-state index contributed by atoms with van der Waals surface area (Å²) < 4.78 is 26.6. The van der Waals surface area contributed by atoms with Gasteiger partial charge in [-0.25, -0.2) is 23.5 Å². The zero-order valence-corrected chi connectivity index (χ0v) is 17.9. The molecule has 3 aromatic heterocycles. The van der Waals surface area contributed by atoms with Gasteiger partial charge in [-0.05, 0) is 43.0 Å². The van der Waals surface area contributed by atoms with Gasteiger partial charge in [-0.15, -0.1) is 0 Å². The van der Waals surface area contributed by atoms with Gasteiger partial charge in [-0.1, -0.05) is 30.3 Å². The number of nitrogens with one attached hydrogen (secondary N) is 2.